The van der Waals surface area contributed by atoms with E-state index in [0.29, 0.717) is 17.4 Å². The lowest BCUT2D eigenvalue weighted by Gasteiger charge is -2.65. The minimum atomic E-state index is -4.22. The van der Waals surface area contributed by atoms with E-state index < -0.39 is 12.8 Å². The lowest BCUT2D eigenvalue weighted by molar-refractivity contribution is -0.174. The van der Waals surface area contributed by atoms with Crippen LogP contribution in [0.5, 0.6) is 0 Å². The van der Waals surface area contributed by atoms with E-state index in [1.165, 1.54) is 38.5 Å². The summed E-state index contributed by atoms with van der Waals surface area (Å²) in [4.78, 5) is 0. The fourth-order valence-corrected chi connectivity index (χ4v) is 6.22. The Kier molecular flexibility index (Phi) is 3.60. The molecular weight excluding hydrogens is 279 g/mol. The van der Waals surface area contributed by atoms with Crippen molar-refractivity contribution in [2.45, 2.75) is 64.1 Å². The average molecular weight is 305 g/mol. The van der Waals surface area contributed by atoms with Gasteiger partial charge < -0.3 is 10.1 Å². The van der Waals surface area contributed by atoms with E-state index in [1.807, 2.05) is 0 Å². The zero-order valence-corrected chi connectivity index (χ0v) is 13.0. The predicted molar refractivity (Wildman–Crippen MR) is 75.0 cm³/mol. The van der Waals surface area contributed by atoms with Gasteiger partial charge in [0.15, 0.2) is 0 Å². The third kappa shape index (κ3) is 3.39. The highest BCUT2D eigenvalue weighted by atomic mass is 19.4. The summed E-state index contributed by atoms with van der Waals surface area (Å²) in [6.07, 6.45) is 3.29. The summed E-state index contributed by atoms with van der Waals surface area (Å²) in [5, 5.41) is 3.57. The van der Waals surface area contributed by atoms with E-state index in [-0.39, 0.29) is 12.1 Å². The molecule has 0 aliphatic heterocycles. The Hall–Kier alpha value is -0.290. The summed E-state index contributed by atoms with van der Waals surface area (Å²) in [7, 11) is 0. The lowest BCUT2D eigenvalue weighted by atomic mass is 9.43. The molecule has 4 bridgehead atoms. The summed E-state index contributed by atoms with van der Waals surface area (Å²) in [5.41, 5.74) is 0.993. The molecule has 5 heteroatoms. The first-order chi connectivity index (χ1) is 9.61. The normalized spacial score (nSPS) is 45.3. The van der Waals surface area contributed by atoms with Crippen molar-refractivity contribution in [3.63, 3.8) is 0 Å². The zero-order chi connectivity index (χ0) is 15.4. The summed E-state index contributed by atoms with van der Waals surface area (Å²) >= 11 is 0. The van der Waals surface area contributed by atoms with Crippen LogP contribution in [0.3, 0.4) is 0 Å². The minimum absolute atomic E-state index is 0.138. The molecule has 0 aromatic rings. The number of alkyl halides is 3. The van der Waals surface area contributed by atoms with E-state index in [2.05, 4.69) is 19.2 Å². The molecule has 2 unspecified atom stereocenters. The lowest BCUT2D eigenvalue weighted by Crippen LogP contribution is -2.64. The molecule has 1 N–H and O–H groups in total. The van der Waals surface area contributed by atoms with Crippen LogP contribution in [0, 0.1) is 16.7 Å². The van der Waals surface area contributed by atoms with E-state index in [9.17, 15) is 13.2 Å². The van der Waals surface area contributed by atoms with Crippen LogP contribution in [-0.4, -0.2) is 31.5 Å². The molecule has 2 nitrogen and oxygen atoms in total. The fraction of sp³-hybridized carbons (Fsp3) is 1.00. The van der Waals surface area contributed by atoms with Crippen molar-refractivity contribution in [1.29, 1.82) is 0 Å². The molecule has 4 aliphatic carbocycles. The first kappa shape index (κ1) is 15.6. The molecule has 4 rings (SSSR count). The molecule has 0 heterocycles. The topological polar surface area (TPSA) is 21.3 Å². The summed E-state index contributed by atoms with van der Waals surface area (Å²) < 4.78 is 40.9. The summed E-state index contributed by atoms with van der Waals surface area (Å²) in [5.74, 6) is 0.792. The molecule has 0 amide bonds. The number of hydrogen-bond donors (Lipinski definition) is 1. The molecule has 21 heavy (non-hydrogen) atoms. The molecular formula is C16H26F3NO. The maximum atomic E-state index is 12.1. The van der Waals surface area contributed by atoms with Crippen molar-refractivity contribution in [2.75, 3.05) is 19.8 Å². The van der Waals surface area contributed by atoms with Crippen LogP contribution in [0.15, 0.2) is 0 Å². The first-order valence-electron chi connectivity index (χ1n) is 8.01. The van der Waals surface area contributed by atoms with Crippen LogP contribution in [0.1, 0.15) is 52.4 Å². The van der Waals surface area contributed by atoms with Crippen LogP contribution in [0.2, 0.25) is 0 Å². The summed E-state index contributed by atoms with van der Waals surface area (Å²) in [6.45, 7) is 4.31. The van der Waals surface area contributed by atoms with E-state index in [0.717, 1.165) is 5.92 Å². The van der Waals surface area contributed by atoms with Crippen molar-refractivity contribution in [2.24, 2.45) is 16.7 Å². The number of ether oxygens (including phenoxy) is 1. The largest absolute Gasteiger partial charge is 0.411 e. The Morgan fingerprint density at radius 2 is 1.67 bits per heavy atom. The highest BCUT2D eigenvalue weighted by molar-refractivity contribution is 5.14. The summed E-state index contributed by atoms with van der Waals surface area (Å²) in [6, 6.07) is 0. The SMILES string of the molecule is CC12CC3CC(C)(C1)CC(NCCOCC(F)(F)F)(C3)C2. The van der Waals surface area contributed by atoms with Gasteiger partial charge in [-0.05, 0) is 55.3 Å². The molecule has 122 valence electrons. The molecule has 0 spiro atoms. The van der Waals surface area contributed by atoms with Crippen LogP contribution in [0.25, 0.3) is 0 Å². The maximum absolute atomic E-state index is 12.1. The number of rotatable bonds is 5. The molecule has 0 radical (unpaired) electrons. The van der Waals surface area contributed by atoms with Gasteiger partial charge in [-0.2, -0.15) is 13.2 Å². The first-order valence-corrected chi connectivity index (χ1v) is 8.01. The second kappa shape index (κ2) is 4.85. The van der Waals surface area contributed by atoms with Crippen LogP contribution in [-0.2, 0) is 4.74 Å². The smallest absolute Gasteiger partial charge is 0.371 e. The van der Waals surface area contributed by atoms with Crippen molar-refractivity contribution in [3.05, 3.63) is 0 Å². The Morgan fingerprint density at radius 3 is 2.19 bits per heavy atom. The Bertz CT molecular complexity index is 391. The van der Waals surface area contributed by atoms with Crippen molar-refractivity contribution in [3.8, 4) is 0 Å². The quantitative estimate of drug-likeness (QED) is 0.778. The molecule has 0 aromatic carbocycles. The molecule has 4 aliphatic rings. The number of hydrogen-bond acceptors (Lipinski definition) is 2. The van der Waals surface area contributed by atoms with E-state index in [4.69, 9.17) is 4.74 Å². The van der Waals surface area contributed by atoms with Gasteiger partial charge in [0.2, 0.25) is 0 Å². The molecule has 2 atom stereocenters. The molecule has 4 fully saturated rings. The third-order valence-corrected chi connectivity index (χ3v) is 5.64. The van der Waals surface area contributed by atoms with Crippen molar-refractivity contribution < 1.29 is 17.9 Å². The van der Waals surface area contributed by atoms with E-state index in [1.54, 1.807) is 0 Å². The van der Waals surface area contributed by atoms with Gasteiger partial charge in [-0.3, -0.25) is 0 Å². The third-order valence-electron chi connectivity index (χ3n) is 5.64. The maximum Gasteiger partial charge on any atom is 0.411 e. The number of nitrogens with one attached hydrogen (secondary N) is 1. The monoisotopic (exact) mass is 305 g/mol. The Balaban J connectivity index is 1.53. The fourth-order valence-electron chi connectivity index (χ4n) is 6.22. The van der Waals surface area contributed by atoms with Crippen molar-refractivity contribution in [1.82, 2.24) is 5.32 Å². The van der Waals surface area contributed by atoms with Gasteiger partial charge in [0.05, 0.1) is 6.61 Å². The molecule has 0 aromatic heterocycles. The Labute approximate surface area is 124 Å². The van der Waals surface area contributed by atoms with Crippen molar-refractivity contribution >= 4 is 0 Å². The van der Waals surface area contributed by atoms with Gasteiger partial charge in [-0.25, -0.2) is 0 Å². The minimum Gasteiger partial charge on any atom is -0.371 e. The van der Waals surface area contributed by atoms with Gasteiger partial charge in [0.1, 0.15) is 6.61 Å². The van der Waals surface area contributed by atoms with Gasteiger partial charge >= 0.3 is 6.18 Å². The van der Waals surface area contributed by atoms with Gasteiger partial charge in [0, 0.05) is 12.1 Å². The van der Waals surface area contributed by atoms with Crippen LogP contribution in [0.4, 0.5) is 13.2 Å². The second-order valence-electron chi connectivity index (χ2n) is 8.50. The number of halogens is 3. The Morgan fingerprint density at radius 1 is 1.05 bits per heavy atom. The van der Waals surface area contributed by atoms with Crippen LogP contribution < -0.4 is 5.32 Å². The highest BCUT2D eigenvalue weighted by Crippen LogP contribution is 2.66. The second-order valence-corrected chi connectivity index (χ2v) is 8.50. The molecule has 0 saturated heterocycles. The van der Waals surface area contributed by atoms with Crippen LogP contribution >= 0.6 is 0 Å². The van der Waals surface area contributed by atoms with Gasteiger partial charge in [-0.15, -0.1) is 0 Å². The highest BCUT2D eigenvalue weighted by Gasteiger charge is 2.59. The van der Waals surface area contributed by atoms with E-state index >= 15 is 0 Å². The average Bonchev–Trinajstić information content (AvgIpc) is 2.21. The van der Waals surface area contributed by atoms with Gasteiger partial charge in [-0.1, -0.05) is 13.8 Å². The van der Waals surface area contributed by atoms with Gasteiger partial charge in [0.25, 0.3) is 0 Å². The predicted octanol–water partition coefficient (Wildman–Crippen LogP) is 3.90. The standard InChI is InChI=1S/C16H26F3NO/c1-13-5-12-6-14(2,8-13)10-15(7-12,9-13)20-3-4-21-11-16(17,18)19/h12,20H,3-11H2,1-2H3. The molecule has 4 saturated carbocycles. The zero-order valence-electron chi connectivity index (χ0n) is 13.0.